The Balaban J connectivity index is 1.56. The lowest BCUT2D eigenvalue weighted by atomic mass is 9.33. The van der Waals surface area contributed by atoms with Gasteiger partial charge < -0.3 is 10.5 Å². The van der Waals surface area contributed by atoms with Gasteiger partial charge in [-0.2, -0.15) is 0 Å². The number of fused-ring (bicyclic) bond motifs is 7. The molecule has 1 amide bonds. The summed E-state index contributed by atoms with van der Waals surface area (Å²) < 4.78 is 5.89. The maximum Gasteiger partial charge on any atom is 0.302 e. The molecular weight excluding hydrogens is 446 g/mol. The fourth-order valence-corrected chi connectivity index (χ4v) is 11.3. The molecule has 0 spiro atoms. The third-order valence-electron chi connectivity index (χ3n) is 13.7. The number of nitrogens with two attached hydrogens (primary N) is 1. The van der Waals surface area contributed by atoms with Crippen LogP contribution in [0.15, 0.2) is 11.6 Å². The van der Waals surface area contributed by atoms with E-state index >= 15 is 0 Å². The monoisotopic (exact) mass is 497 g/mol. The van der Waals surface area contributed by atoms with E-state index < -0.39 is 0 Å². The molecule has 4 heteroatoms. The fraction of sp³-hybridized carbons (Fsp3) is 0.875. The summed E-state index contributed by atoms with van der Waals surface area (Å²) in [7, 11) is 0. The van der Waals surface area contributed by atoms with Crippen molar-refractivity contribution in [1.82, 2.24) is 0 Å². The van der Waals surface area contributed by atoms with Gasteiger partial charge in [-0.05, 0) is 104 Å². The Morgan fingerprint density at radius 3 is 2.25 bits per heavy atom. The van der Waals surface area contributed by atoms with Crippen LogP contribution in [-0.4, -0.2) is 18.0 Å². The van der Waals surface area contributed by atoms with Gasteiger partial charge in [0, 0.05) is 12.3 Å². The maximum atomic E-state index is 13.1. The molecule has 0 saturated heterocycles. The summed E-state index contributed by atoms with van der Waals surface area (Å²) in [4.78, 5) is 25.0. The predicted molar refractivity (Wildman–Crippen MR) is 144 cm³/mol. The van der Waals surface area contributed by atoms with Gasteiger partial charge >= 0.3 is 5.97 Å². The van der Waals surface area contributed by atoms with E-state index in [-0.39, 0.29) is 51.0 Å². The molecule has 0 aromatic rings. The number of rotatable bonds is 2. The van der Waals surface area contributed by atoms with Gasteiger partial charge in [0.2, 0.25) is 5.91 Å². The molecule has 5 aliphatic carbocycles. The molecule has 3 unspecified atom stereocenters. The van der Waals surface area contributed by atoms with E-state index in [1.165, 1.54) is 12.8 Å². The number of allylic oxidation sites excluding steroid dienone is 2. The van der Waals surface area contributed by atoms with Crippen molar-refractivity contribution >= 4 is 11.9 Å². The Morgan fingerprint density at radius 1 is 0.917 bits per heavy atom. The van der Waals surface area contributed by atoms with E-state index in [2.05, 4.69) is 54.5 Å². The molecule has 0 aromatic heterocycles. The molecule has 4 saturated carbocycles. The zero-order valence-electron chi connectivity index (χ0n) is 24.2. The Hall–Kier alpha value is -1.32. The highest BCUT2D eigenvalue weighted by molar-refractivity contribution is 5.82. The molecule has 0 aliphatic heterocycles. The molecule has 36 heavy (non-hydrogen) atoms. The van der Waals surface area contributed by atoms with Crippen molar-refractivity contribution in [3.63, 3.8) is 0 Å². The van der Waals surface area contributed by atoms with Crippen molar-refractivity contribution < 1.29 is 14.3 Å². The number of hydrogen-bond donors (Lipinski definition) is 1. The third-order valence-corrected chi connectivity index (χ3v) is 13.7. The molecular formula is C32H51NO3. The van der Waals surface area contributed by atoms with Gasteiger partial charge in [0.25, 0.3) is 0 Å². The fourth-order valence-electron chi connectivity index (χ4n) is 11.3. The minimum absolute atomic E-state index is 0.0122. The average molecular weight is 498 g/mol. The summed E-state index contributed by atoms with van der Waals surface area (Å²) in [6.07, 6.45) is 12.3. The minimum Gasteiger partial charge on any atom is -0.462 e. The van der Waals surface area contributed by atoms with Crippen molar-refractivity contribution in [3.05, 3.63) is 11.6 Å². The van der Waals surface area contributed by atoms with Gasteiger partial charge in [-0.3, -0.25) is 9.59 Å². The topological polar surface area (TPSA) is 69.4 Å². The van der Waals surface area contributed by atoms with E-state index in [0.717, 1.165) is 44.9 Å². The van der Waals surface area contributed by atoms with Crippen LogP contribution in [-0.2, 0) is 14.3 Å². The second-order valence-electron chi connectivity index (χ2n) is 15.1. The minimum atomic E-state index is -0.356. The number of amides is 1. The molecule has 0 heterocycles. The molecule has 202 valence electrons. The van der Waals surface area contributed by atoms with Gasteiger partial charge in [0.15, 0.2) is 0 Å². The van der Waals surface area contributed by atoms with Gasteiger partial charge in [0.1, 0.15) is 6.10 Å². The van der Waals surface area contributed by atoms with Crippen LogP contribution >= 0.6 is 0 Å². The van der Waals surface area contributed by atoms with Gasteiger partial charge in [-0.25, -0.2) is 0 Å². The first-order chi connectivity index (χ1) is 16.6. The Kier molecular flexibility index (Phi) is 5.91. The van der Waals surface area contributed by atoms with E-state index in [4.69, 9.17) is 10.5 Å². The zero-order valence-corrected chi connectivity index (χ0v) is 24.2. The number of esters is 1. The Bertz CT molecular complexity index is 984. The van der Waals surface area contributed by atoms with E-state index in [0.29, 0.717) is 23.7 Å². The van der Waals surface area contributed by atoms with Gasteiger partial charge in [-0.15, -0.1) is 0 Å². The first-order valence-corrected chi connectivity index (χ1v) is 14.8. The SMILES string of the molecule is CC(=O)O[C@H]1CC[C@@]2(C)C(CC[C@]3(C)C2CC=C2C4[C@@H](C)[C@H](C)CC[C@]4(C(N)=O)CC[C@]23C)C1(C)C. The zero-order chi connectivity index (χ0) is 26.5. The van der Waals surface area contributed by atoms with Crippen LogP contribution < -0.4 is 5.73 Å². The van der Waals surface area contributed by atoms with E-state index in [9.17, 15) is 9.59 Å². The summed E-state index contributed by atoms with van der Waals surface area (Å²) in [6, 6.07) is 0. The Labute approximate surface area is 219 Å². The summed E-state index contributed by atoms with van der Waals surface area (Å²) in [5, 5.41) is 0. The first-order valence-electron chi connectivity index (χ1n) is 14.8. The van der Waals surface area contributed by atoms with Crippen LogP contribution in [0.4, 0.5) is 0 Å². The lowest BCUT2D eigenvalue weighted by molar-refractivity contribution is -0.212. The number of ether oxygens (including phenoxy) is 1. The molecule has 5 aliphatic rings. The van der Waals surface area contributed by atoms with Crippen LogP contribution in [0.25, 0.3) is 0 Å². The lowest BCUT2D eigenvalue weighted by Crippen LogP contribution is -2.66. The summed E-state index contributed by atoms with van der Waals surface area (Å²) in [5.74, 6) is 2.35. The van der Waals surface area contributed by atoms with Crippen LogP contribution in [0.5, 0.6) is 0 Å². The molecule has 0 bridgehead atoms. The van der Waals surface area contributed by atoms with Crippen LogP contribution in [0, 0.1) is 56.7 Å². The smallest absolute Gasteiger partial charge is 0.302 e. The molecule has 2 N–H and O–H groups in total. The van der Waals surface area contributed by atoms with Crippen LogP contribution in [0.1, 0.15) is 113 Å². The maximum absolute atomic E-state index is 13.1. The predicted octanol–water partition coefficient (Wildman–Crippen LogP) is 7.06. The molecule has 5 rings (SSSR count). The Morgan fingerprint density at radius 2 is 1.61 bits per heavy atom. The second kappa shape index (κ2) is 8.09. The number of hydrogen-bond acceptors (Lipinski definition) is 3. The molecule has 4 fully saturated rings. The highest BCUT2D eigenvalue weighted by Gasteiger charge is 2.69. The van der Waals surface area contributed by atoms with Crippen molar-refractivity contribution in [1.29, 1.82) is 0 Å². The highest BCUT2D eigenvalue weighted by Crippen LogP contribution is 2.75. The van der Waals surface area contributed by atoms with Gasteiger partial charge in [-0.1, -0.05) is 60.1 Å². The summed E-state index contributed by atoms with van der Waals surface area (Å²) in [5.41, 5.74) is 7.98. The lowest BCUT2D eigenvalue weighted by Gasteiger charge is -2.71. The van der Waals surface area contributed by atoms with Gasteiger partial charge in [0.05, 0.1) is 5.41 Å². The van der Waals surface area contributed by atoms with Crippen LogP contribution in [0.3, 0.4) is 0 Å². The summed E-state index contributed by atoms with van der Waals surface area (Å²) >= 11 is 0. The normalized spacial score (nSPS) is 51.5. The average Bonchev–Trinajstić information content (AvgIpc) is 2.78. The largest absolute Gasteiger partial charge is 0.462 e. The number of primary amides is 1. The van der Waals surface area contributed by atoms with Crippen molar-refractivity contribution in [2.45, 2.75) is 119 Å². The van der Waals surface area contributed by atoms with Crippen molar-refractivity contribution in [3.8, 4) is 0 Å². The second-order valence-corrected chi connectivity index (χ2v) is 15.1. The number of carbonyl (C=O) groups is 2. The highest BCUT2D eigenvalue weighted by atomic mass is 16.5. The van der Waals surface area contributed by atoms with E-state index in [1.54, 1.807) is 12.5 Å². The third kappa shape index (κ3) is 3.17. The first kappa shape index (κ1) is 26.3. The molecule has 10 atom stereocenters. The summed E-state index contributed by atoms with van der Waals surface area (Å²) in [6.45, 7) is 18.8. The van der Waals surface area contributed by atoms with Crippen molar-refractivity contribution in [2.24, 2.45) is 62.4 Å². The quantitative estimate of drug-likeness (QED) is 0.328. The molecule has 0 aromatic carbocycles. The van der Waals surface area contributed by atoms with Crippen LogP contribution in [0.2, 0.25) is 0 Å². The number of carbonyl (C=O) groups excluding carboxylic acids is 2. The molecule has 0 radical (unpaired) electrons. The van der Waals surface area contributed by atoms with E-state index in [1.807, 2.05) is 0 Å². The molecule has 4 nitrogen and oxygen atoms in total. The van der Waals surface area contributed by atoms with Crippen molar-refractivity contribution in [2.75, 3.05) is 0 Å². The standard InChI is InChI=1S/C32H51NO3/c1-19-11-16-32(27(33)35)18-17-30(7)22(26(32)20(19)2)9-10-24-29(6)14-13-25(36-21(3)34)28(4,5)23(29)12-15-31(24,30)8/h9,19-20,23-26H,10-18H2,1-8H3,(H2,33,35)/t19-,20+,23?,24?,25+,26?,29+,30-,31-,32+/m1/s1.